The third kappa shape index (κ3) is 3.12. The molecule has 0 bridgehead atoms. The maximum atomic E-state index is 3.68. The lowest BCUT2D eigenvalue weighted by atomic mass is 10.1. The summed E-state index contributed by atoms with van der Waals surface area (Å²) in [7, 11) is 0. The molecular weight excluding hydrogens is 220 g/mol. The Kier molecular flexibility index (Phi) is 3.96. The van der Waals surface area contributed by atoms with Crippen molar-refractivity contribution in [1.82, 2.24) is 10.2 Å². The molecule has 1 heterocycles. The van der Waals surface area contributed by atoms with Crippen molar-refractivity contribution in [2.45, 2.75) is 31.7 Å². The van der Waals surface area contributed by atoms with Crippen molar-refractivity contribution in [3.8, 4) is 0 Å². The van der Waals surface area contributed by atoms with Gasteiger partial charge in [0, 0.05) is 12.6 Å². The van der Waals surface area contributed by atoms with Crippen molar-refractivity contribution in [1.29, 1.82) is 0 Å². The zero-order valence-corrected chi connectivity index (χ0v) is 11.1. The van der Waals surface area contributed by atoms with Gasteiger partial charge in [-0.05, 0) is 56.8 Å². The topological polar surface area (TPSA) is 15.3 Å². The Balaban J connectivity index is 1.62. The summed E-state index contributed by atoms with van der Waals surface area (Å²) in [4.78, 5) is 2.65. The van der Waals surface area contributed by atoms with Crippen LogP contribution in [-0.2, 0) is 0 Å². The van der Waals surface area contributed by atoms with Gasteiger partial charge in [-0.15, -0.1) is 0 Å². The van der Waals surface area contributed by atoms with E-state index in [0.29, 0.717) is 6.04 Å². The minimum absolute atomic E-state index is 0.576. The molecule has 18 heavy (non-hydrogen) atoms. The standard InChI is InChI=1S/C16H24N2/c1-2-6-15(7-3-1)16(18-10-4-5-11-18)13-17-12-14-8-9-14/h1-3,6-7,14,16-17H,4-5,8-13H2. The summed E-state index contributed by atoms with van der Waals surface area (Å²) in [6, 6.07) is 11.6. The van der Waals surface area contributed by atoms with E-state index in [1.54, 1.807) is 0 Å². The van der Waals surface area contributed by atoms with Crippen LogP contribution in [0.15, 0.2) is 30.3 Å². The van der Waals surface area contributed by atoms with Gasteiger partial charge in [0.15, 0.2) is 0 Å². The van der Waals surface area contributed by atoms with Gasteiger partial charge in [0.25, 0.3) is 0 Å². The van der Waals surface area contributed by atoms with Gasteiger partial charge in [-0.25, -0.2) is 0 Å². The van der Waals surface area contributed by atoms with Gasteiger partial charge in [0.1, 0.15) is 0 Å². The van der Waals surface area contributed by atoms with Gasteiger partial charge in [0.2, 0.25) is 0 Å². The fourth-order valence-electron chi connectivity index (χ4n) is 2.93. The predicted molar refractivity (Wildman–Crippen MR) is 75.6 cm³/mol. The highest BCUT2D eigenvalue weighted by atomic mass is 15.2. The molecule has 2 aliphatic rings. The number of nitrogens with one attached hydrogen (secondary N) is 1. The van der Waals surface area contributed by atoms with Crippen LogP contribution in [0, 0.1) is 5.92 Å². The second-order valence-electron chi connectivity index (χ2n) is 5.77. The SMILES string of the molecule is c1ccc(C(CNCC2CC2)N2CCCC2)cc1. The molecule has 0 amide bonds. The molecule has 0 aromatic heterocycles. The molecule has 98 valence electrons. The van der Waals surface area contributed by atoms with Crippen LogP contribution < -0.4 is 5.32 Å². The number of nitrogens with zero attached hydrogens (tertiary/aromatic N) is 1. The Bertz CT molecular complexity index is 353. The van der Waals surface area contributed by atoms with Gasteiger partial charge in [-0.3, -0.25) is 4.90 Å². The van der Waals surface area contributed by atoms with E-state index in [9.17, 15) is 0 Å². The molecule has 1 aromatic rings. The Morgan fingerprint density at radius 1 is 1.11 bits per heavy atom. The summed E-state index contributed by atoms with van der Waals surface area (Å²) in [5.41, 5.74) is 1.47. The molecule has 1 saturated heterocycles. The highest BCUT2D eigenvalue weighted by molar-refractivity contribution is 5.19. The quantitative estimate of drug-likeness (QED) is 0.828. The first kappa shape index (κ1) is 12.2. The Morgan fingerprint density at radius 2 is 1.83 bits per heavy atom. The van der Waals surface area contributed by atoms with E-state index in [2.05, 4.69) is 40.5 Å². The summed E-state index contributed by atoms with van der Waals surface area (Å²) >= 11 is 0. The second kappa shape index (κ2) is 5.85. The Hall–Kier alpha value is -0.860. The van der Waals surface area contributed by atoms with Crippen LogP contribution in [0.25, 0.3) is 0 Å². The number of hydrogen-bond donors (Lipinski definition) is 1. The molecule has 1 aliphatic heterocycles. The van der Waals surface area contributed by atoms with Crippen LogP contribution in [0.2, 0.25) is 0 Å². The van der Waals surface area contributed by atoms with Crippen LogP contribution in [-0.4, -0.2) is 31.1 Å². The molecule has 0 radical (unpaired) electrons. The van der Waals surface area contributed by atoms with Crippen molar-refractivity contribution in [3.05, 3.63) is 35.9 Å². The van der Waals surface area contributed by atoms with Gasteiger partial charge < -0.3 is 5.32 Å². The van der Waals surface area contributed by atoms with Gasteiger partial charge >= 0.3 is 0 Å². The highest BCUT2D eigenvalue weighted by Gasteiger charge is 2.25. The van der Waals surface area contributed by atoms with Crippen molar-refractivity contribution in [2.75, 3.05) is 26.2 Å². The number of rotatable bonds is 6. The number of hydrogen-bond acceptors (Lipinski definition) is 2. The molecule has 3 rings (SSSR count). The normalized spacial score (nSPS) is 22.2. The summed E-state index contributed by atoms with van der Waals surface area (Å²) in [5.74, 6) is 0.972. The maximum Gasteiger partial charge on any atom is 0.0472 e. The van der Waals surface area contributed by atoms with Crippen LogP contribution in [0.5, 0.6) is 0 Å². The largest absolute Gasteiger partial charge is 0.315 e. The van der Waals surface area contributed by atoms with E-state index in [1.165, 1.54) is 50.9 Å². The third-order valence-electron chi connectivity index (χ3n) is 4.23. The van der Waals surface area contributed by atoms with E-state index in [1.807, 2.05) is 0 Å². The van der Waals surface area contributed by atoms with Crippen LogP contribution in [0.1, 0.15) is 37.3 Å². The average Bonchev–Trinajstić information content (AvgIpc) is 3.08. The van der Waals surface area contributed by atoms with Crippen molar-refractivity contribution >= 4 is 0 Å². The molecular formula is C16H24N2. The molecule has 1 saturated carbocycles. The number of benzene rings is 1. The summed E-state index contributed by atoms with van der Waals surface area (Å²) < 4.78 is 0. The van der Waals surface area contributed by atoms with E-state index in [4.69, 9.17) is 0 Å². The average molecular weight is 244 g/mol. The molecule has 2 heteroatoms. The molecule has 1 N–H and O–H groups in total. The van der Waals surface area contributed by atoms with Gasteiger partial charge in [0.05, 0.1) is 0 Å². The zero-order chi connectivity index (χ0) is 12.2. The Labute approximate surface area is 110 Å². The van der Waals surface area contributed by atoms with Gasteiger partial charge in [-0.1, -0.05) is 30.3 Å². The molecule has 2 nitrogen and oxygen atoms in total. The fourth-order valence-corrected chi connectivity index (χ4v) is 2.93. The smallest absolute Gasteiger partial charge is 0.0472 e. The fraction of sp³-hybridized carbons (Fsp3) is 0.625. The lowest BCUT2D eigenvalue weighted by Crippen LogP contribution is -2.34. The third-order valence-corrected chi connectivity index (χ3v) is 4.23. The lowest BCUT2D eigenvalue weighted by Gasteiger charge is -2.28. The van der Waals surface area contributed by atoms with E-state index in [0.717, 1.165) is 12.5 Å². The molecule has 1 unspecified atom stereocenters. The second-order valence-corrected chi connectivity index (χ2v) is 5.77. The predicted octanol–water partition coefficient (Wildman–Crippen LogP) is 2.82. The van der Waals surface area contributed by atoms with Crippen molar-refractivity contribution < 1.29 is 0 Å². The zero-order valence-electron chi connectivity index (χ0n) is 11.1. The first-order chi connectivity index (χ1) is 8.93. The van der Waals surface area contributed by atoms with Crippen LogP contribution >= 0.6 is 0 Å². The summed E-state index contributed by atoms with van der Waals surface area (Å²) in [6.07, 6.45) is 5.61. The van der Waals surface area contributed by atoms with Crippen molar-refractivity contribution in [3.63, 3.8) is 0 Å². The van der Waals surface area contributed by atoms with E-state index in [-0.39, 0.29) is 0 Å². The molecule has 1 atom stereocenters. The first-order valence-corrected chi connectivity index (χ1v) is 7.43. The molecule has 2 fully saturated rings. The minimum atomic E-state index is 0.576. The van der Waals surface area contributed by atoms with Gasteiger partial charge in [-0.2, -0.15) is 0 Å². The van der Waals surface area contributed by atoms with Crippen molar-refractivity contribution in [2.24, 2.45) is 5.92 Å². The van der Waals surface area contributed by atoms with E-state index >= 15 is 0 Å². The lowest BCUT2D eigenvalue weighted by molar-refractivity contribution is 0.238. The summed E-state index contributed by atoms with van der Waals surface area (Å²) in [6.45, 7) is 4.87. The molecule has 0 spiro atoms. The Morgan fingerprint density at radius 3 is 2.50 bits per heavy atom. The van der Waals surface area contributed by atoms with E-state index < -0.39 is 0 Å². The maximum absolute atomic E-state index is 3.68. The monoisotopic (exact) mass is 244 g/mol. The summed E-state index contributed by atoms with van der Waals surface area (Å²) in [5, 5.41) is 3.68. The molecule has 1 aliphatic carbocycles. The number of likely N-dealkylation sites (tertiary alicyclic amines) is 1. The minimum Gasteiger partial charge on any atom is -0.315 e. The van der Waals surface area contributed by atoms with Crippen LogP contribution in [0.3, 0.4) is 0 Å². The molecule has 1 aromatic carbocycles. The van der Waals surface area contributed by atoms with Crippen LogP contribution in [0.4, 0.5) is 0 Å². The highest BCUT2D eigenvalue weighted by Crippen LogP contribution is 2.28. The first-order valence-electron chi connectivity index (χ1n) is 7.43.